The molecule has 0 saturated heterocycles. The summed E-state index contributed by atoms with van der Waals surface area (Å²) in [4.78, 5) is 15.8. The summed E-state index contributed by atoms with van der Waals surface area (Å²) in [6.07, 6.45) is 1.32. The lowest BCUT2D eigenvalue weighted by molar-refractivity contribution is 0.102. The van der Waals surface area contributed by atoms with E-state index in [9.17, 15) is 13.6 Å². The molecule has 4 nitrogen and oxygen atoms in total. The minimum absolute atomic E-state index is 0.200. The molecule has 0 fully saturated rings. The van der Waals surface area contributed by atoms with Gasteiger partial charge in [0.15, 0.2) is 11.6 Å². The Morgan fingerprint density at radius 3 is 2.40 bits per heavy atom. The summed E-state index contributed by atoms with van der Waals surface area (Å²) in [5.74, 6) is -1.77. The topological polar surface area (TPSA) is 54.0 Å². The Bertz CT molecular complexity index is 624. The summed E-state index contributed by atoms with van der Waals surface area (Å²) in [5, 5.41) is 4.99. The first kappa shape index (κ1) is 14.4. The third-order valence-electron chi connectivity index (χ3n) is 2.53. The molecule has 0 spiro atoms. The second-order valence-corrected chi connectivity index (χ2v) is 4.80. The number of carbonyl (C=O) groups excluding carboxylic acids is 1. The summed E-state index contributed by atoms with van der Waals surface area (Å²) < 4.78 is 27.4. The predicted molar refractivity (Wildman–Crippen MR) is 75.8 cm³/mol. The fourth-order valence-corrected chi connectivity index (χ4v) is 1.93. The molecule has 0 radical (unpaired) electrons. The third kappa shape index (κ3) is 3.11. The van der Waals surface area contributed by atoms with Crippen molar-refractivity contribution in [1.29, 1.82) is 0 Å². The van der Waals surface area contributed by atoms with E-state index in [0.29, 0.717) is 5.82 Å². The highest BCUT2D eigenvalue weighted by molar-refractivity contribution is 9.10. The molecule has 2 N–H and O–H groups in total. The molecule has 0 atom stereocenters. The predicted octanol–water partition coefficient (Wildman–Crippen LogP) is 3.42. The first-order valence-electron chi connectivity index (χ1n) is 5.61. The molecule has 7 heteroatoms. The van der Waals surface area contributed by atoms with Crippen molar-refractivity contribution in [3.05, 3.63) is 52.1 Å². The zero-order valence-corrected chi connectivity index (χ0v) is 12.0. The molecular formula is C13H10BrF2N3O. The summed E-state index contributed by atoms with van der Waals surface area (Å²) in [6, 6.07) is 5.23. The van der Waals surface area contributed by atoms with E-state index < -0.39 is 23.2 Å². The summed E-state index contributed by atoms with van der Waals surface area (Å²) in [7, 11) is 1.69. The van der Waals surface area contributed by atoms with Gasteiger partial charge in [0.05, 0.1) is 5.56 Å². The second kappa shape index (κ2) is 5.96. The van der Waals surface area contributed by atoms with Crippen LogP contribution in [0, 0.1) is 11.6 Å². The maximum Gasteiger partial charge on any atom is 0.257 e. The van der Waals surface area contributed by atoms with Crippen molar-refractivity contribution < 1.29 is 13.6 Å². The smallest absolute Gasteiger partial charge is 0.257 e. The molecule has 0 aliphatic carbocycles. The van der Waals surface area contributed by atoms with Crippen molar-refractivity contribution in [2.45, 2.75) is 0 Å². The van der Waals surface area contributed by atoms with E-state index in [1.165, 1.54) is 12.3 Å². The van der Waals surface area contributed by atoms with Crippen LogP contribution in [0.4, 0.5) is 20.3 Å². The van der Waals surface area contributed by atoms with Gasteiger partial charge in [-0.1, -0.05) is 15.9 Å². The Hall–Kier alpha value is -2.02. The quantitative estimate of drug-likeness (QED) is 0.899. The van der Waals surface area contributed by atoms with E-state index >= 15 is 0 Å². The number of rotatable bonds is 3. The number of anilines is 2. The number of amides is 1. The van der Waals surface area contributed by atoms with Crippen LogP contribution >= 0.6 is 15.9 Å². The molecular weight excluding hydrogens is 332 g/mol. The van der Waals surface area contributed by atoms with Gasteiger partial charge in [-0.2, -0.15) is 0 Å². The van der Waals surface area contributed by atoms with Gasteiger partial charge in [0.1, 0.15) is 11.5 Å². The molecule has 0 aliphatic heterocycles. The fourth-order valence-electron chi connectivity index (χ4n) is 1.52. The third-order valence-corrected chi connectivity index (χ3v) is 2.99. The van der Waals surface area contributed by atoms with Crippen LogP contribution in [0.15, 0.2) is 34.9 Å². The van der Waals surface area contributed by atoms with Crippen LogP contribution in [0.2, 0.25) is 0 Å². The molecule has 0 aliphatic rings. The van der Waals surface area contributed by atoms with E-state index in [2.05, 4.69) is 31.5 Å². The van der Waals surface area contributed by atoms with Crippen LogP contribution in [0.5, 0.6) is 0 Å². The Kier molecular flexibility index (Phi) is 4.29. The molecule has 1 heterocycles. The zero-order chi connectivity index (χ0) is 14.7. The van der Waals surface area contributed by atoms with E-state index in [-0.39, 0.29) is 10.0 Å². The molecule has 1 aromatic heterocycles. The molecule has 104 valence electrons. The standard InChI is InChI=1S/C13H10BrF2N3O/c1-17-11-3-2-7(6-18-11)13(20)19-12-9(15)4-8(14)5-10(12)16/h2-6H,1H3,(H,17,18)(H,19,20). The van der Waals surface area contributed by atoms with Gasteiger partial charge in [-0.3, -0.25) is 4.79 Å². The van der Waals surface area contributed by atoms with Crippen molar-refractivity contribution in [2.24, 2.45) is 0 Å². The number of hydrogen-bond acceptors (Lipinski definition) is 3. The van der Waals surface area contributed by atoms with Crippen molar-refractivity contribution in [1.82, 2.24) is 4.98 Å². The van der Waals surface area contributed by atoms with Crippen molar-refractivity contribution in [2.75, 3.05) is 17.7 Å². The summed E-state index contributed by atoms with van der Waals surface area (Å²) >= 11 is 2.96. The SMILES string of the molecule is CNc1ccc(C(=O)Nc2c(F)cc(Br)cc2F)cn1. The van der Waals surface area contributed by atoms with E-state index in [1.54, 1.807) is 13.1 Å². The van der Waals surface area contributed by atoms with Crippen LogP contribution < -0.4 is 10.6 Å². The Balaban J connectivity index is 2.23. The number of nitrogens with zero attached hydrogens (tertiary/aromatic N) is 1. The average Bonchev–Trinajstić information content (AvgIpc) is 2.42. The molecule has 20 heavy (non-hydrogen) atoms. The Labute approximate surface area is 122 Å². The lowest BCUT2D eigenvalue weighted by Gasteiger charge is -2.08. The van der Waals surface area contributed by atoms with Crippen LogP contribution in [0.3, 0.4) is 0 Å². The van der Waals surface area contributed by atoms with Gasteiger partial charge in [0.25, 0.3) is 5.91 Å². The largest absolute Gasteiger partial charge is 0.373 e. The van der Waals surface area contributed by atoms with E-state index in [0.717, 1.165) is 12.1 Å². The zero-order valence-electron chi connectivity index (χ0n) is 10.4. The highest BCUT2D eigenvalue weighted by atomic mass is 79.9. The van der Waals surface area contributed by atoms with Crippen molar-refractivity contribution in [3.63, 3.8) is 0 Å². The fraction of sp³-hybridized carbons (Fsp3) is 0.0769. The van der Waals surface area contributed by atoms with Gasteiger partial charge in [0.2, 0.25) is 0 Å². The van der Waals surface area contributed by atoms with Crippen molar-refractivity contribution >= 4 is 33.3 Å². The minimum atomic E-state index is -0.856. The van der Waals surface area contributed by atoms with Crippen LogP contribution in [-0.2, 0) is 0 Å². The summed E-state index contributed by atoms with van der Waals surface area (Å²) in [6.45, 7) is 0. The lowest BCUT2D eigenvalue weighted by atomic mass is 10.2. The second-order valence-electron chi connectivity index (χ2n) is 3.88. The monoisotopic (exact) mass is 341 g/mol. The number of benzene rings is 1. The van der Waals surface area contributed by atoms with Gasteiger partial charge in [-0.15, -0.1) is 0 Å². The van der Waals surface area contributed by atoms with Crippen LogP contribution in [0.1, 0.15) is 10.4 Å². The number of hydrogen-bond donors (Lipinski definition) is 2. The van der Waals surface area contributed by atoms with E-state index in [1.807, 2.05) is 0 Å². The Morgan fingerprint density at radius 1 is 1.25 bits per heavy atom. The first-order chi connectivity index (χ1) is 9.51. The van der Waals surface area contributed by atoms with Gasteiger partial charge in [-0.25, -0.2) is 13.8 Å². The van der Waals surface area contributed by atoms with Crippen LogP contribution in [-0.4, -0.2) is 17.9 Å². The number of halogens is 3. The molecule has 2 aromatic rings. The minimum Gasteiger partial charge on any atom is -0.373 e. The number of pyridine rings is 1. The van der Waals surface area contributed by atoms with Gasteiger partial charge in [0, 0.05) is 17.7 Å². The van der Waals surface area contributed by atoms with E-state index in [4.69, 9.17) is 0 Å². The van der Waals surface area contributed by atoms with Gasteiger partial charge in [-0.05, 0) is 24.3 Å². The lowest BCUT2D eigenvalue weighted by Crippen LogP contribution is -2.14. The Morgan fingerprint density at radius 2 is 1.90 bits per heavy atom. The molecule has 2 rings (SSSR count). The van der Waals surface area contributed by atoms with Gasteiger partial charge >= 0.3 is 0 Å². The maximum absolute atomic E-state index is 13.6. The number of carbonyl (C=O) groups is 1. The molecule has 0 bridgehead atoms. The maximum atomic E-state index is 13.6. The normalized spacial score (nSPS) is 10.2. The molecule has 1 amide bonds. The summed E-state index contributed by atoms with van der Waals surface area (Å²) in [5.41, 5.74) is -0.290. The highest BCUT2D eigenvalue weighted by Gasteiger charge is 2.15. The highest BCUT2D eigenvalue weighted by Crippen LogP contribution is 2.24. The van der Waals surface area contributed by atoms with Crippen molar-refractivity contribution in [3.8, 4) is 0 Å². The molecule has 0 saturated carbocycles. The van der Waals surface area contributed by atoms with Crippen LogP contribution in [0.25, 0.3) is 0 Å². The first-order valence-corrected chi connectivity index (χ1v) is 6.40. The number of nitrogens with one attached hydrogen (secondary N) is 2. The number of aromatic nitrogens is 1. The van der Waals surface area contributed by atoms with Gasteiger partial charge < -0.3 is 10.6 Å². The molecule has 0 unspecified atom stereocenters. The molecule has 1 aromatic carbocycles. The average molecular weight is 342 g/mol.